The van der Waals surface area contributed by atoms with Crippen LogP contribution in [0.3, 0.4) is 0 Å². The molecule has 0 saturated heterocycles. The first-order chi connectivity index (χ1) is 8.90. The maximum atomic E-state index is 11.7. The highest BCUT2D eigenvalue weighted by Crippen LogP contribution is 2.25. The summed E-state index contributed by atoms with van der Waals surface area (Å²) >= 11 is 0. The average Bonchev–Trinajstić information content (AvgIpc) is 2.72. The molecule has 1 aliphatic rings. The fourth-order valence-electron chi connectivity index (χ4n) is 1.59. The number of carbonyl (C=O) groups is 1. The zero-order chi connectivity index (χ0) is 14.0. The first kappa shape index (κ1) is 13.3. The normalized spacial score (nSPS) is 17.4. The molecule has 19 heavy (non-hydrogen) atoms. The van der Waals surface area contributed by atoms with Crippen molar-refractivity contribution in [3.63, 3.8) is 0 Å². The summed E-state index contributed by atoms with van der Waals surface area (Å²) in [6, 6.07) is 7.40. The highest BCUT2D eigenvalue weighted by atomic mass is 16.6. The van der Waals surface area contributed by atoms with Crippen molar-refractivity contribution in [1.29, 1.82) is 0 Å². The predicted octanol–water partition coefficient (Wildman–Crippen LogP) is 3.04. The molecule has 1 aromatic rings. The van der Waals surface area contributed by atoms with Crippen LogP contribution in [0.5, 0.6) is 5.75 Å². The lowest BCUT2D eigenvalue weighted by molar-refractivity contribution is -0.130. The van der Waals surface area contributed by atoms with E-state index in [9.17, 15) is 4.79 Å². The standard InChI is InChI=1S/C15H17NO3/c1-15(2,3)14-16-12(13(17)19-14)9-10-5-7-11(18-4)8-6-10/h5-9H,1-4H3/b12-9+. The second kappa shape index (κ2) is 4.88. The van der Waals surface area contributed by atoms with Crippen molar-refractivity contribution in [3.05, 3.63) is 35.5 Å². The molecule has 0 radical (unpaired) electrons. The second-order valence-electron chi connectivity index (χ2n) is 5.36. The number of benzene rings is 1. The Kier molecular flexibility index (Phi) is 3.42. The van der Waals surface area contributed by atoms with Crippen molar-refractivity contribution in [1.82, 2.24) is 0 Å². The van der Waals surface area contributed by atoms with Crippen molar-refractivity contribution >= 4 is 17.9 Å². The Morgan fingerprint density at radius 2 is 1.84 bits per heavy atom. The predicted molar refractivity (Wildman–Crippen MR) is 74.0 cm³/mol. The summed E-state index contributed by atoms with van der Waals surface area (Å²) in [4.78, 5) is 16.0. The van der Waals surface area contributed by atoms with Crippen LogP contribution in [0.15, 0.2) is 35.0 Å². The largest absolute Gasteiger partial charge is 0.497 e. The smallest absolute Gasteiger partial charge is 0.363 e. The maximum absolute atomic E-state index is 11.7. The van der Waals surface area contributed by atoms with Crippen LogP contribution in [0.1, 0.15) is 26.3 Å². The number of nitrogens with zero attached hydrogens (tertiary/aromatic N) is 1. The van der Waals surface area contributed by atoms with Crippen molar-refractivity contribution in [2.75, 3.05) is 7.11 Å². The Morgan fingerprint density at radius 3 is 2.32 bits per heavy atom. The highest BCUT2D eigenvalue weighted by Gasteiger charge is 2.31. The molecule has 0 atom stereocenters. The molecule has 4 nitrogen and oxygen atoms in total. The number of esters is 1. The van der Waals surface area contributed by atoms with Crippen molar-refractivity contribution in [3.8, 4) is 5.75 Å². The van der Waals surface area contributed by atoms with Gasteiger partial charge < -0.3 is 9.47 Å². The van der Waals surface area contributed by atoms with Gasteiger partial charge in [0, 0.05) is 5.41 Å². The van der Waals surface area contributed by atoms with E-state index in [-0.39, 0.29) is 5.41 Å². The molecule has 0 amide bonds. The summed E-state index contributed by atoms with van der Waals surface area (Å²) in [5, 5.41) is 0. The van der Waals surface area contributed by atoms with Gasteiger partial charge in [-0.3, -0.25) is 0 Å². The lowest BCUT2D eigenvalue weighted by Crippen LogP contribution is -2.21. The Bertz CT molecular complexity index is 548. The number of hydrogen-bond donors (Lipinski definition) is 0. The Balaban J connectivity index is 2.27. The van der Waals surface area contributed by atoms with E-state index in [2.05, 4.69) is 4.99 Å². The van der Waals surface area contributed by atoms with E-state index in [1.807, 2.05) is 45.0 Å². The number of methoxy groups -OCH3 is 1. The number of hydrogen-bond acceptors (Lipinski definition) is 4. The summed E-state index contributed by atoms with van der Waals surface area (Å²) in [5.74, 6) is 0.827. The van der Waals surface area contributed by atoms with Gasteiger partial charge in [-0.05, 0) is 23.8 Å². The molecular formula is C15H17NO3. The van der Waals surface area contributed by atoms with Crippen LogP contribution in [-0.2, 0) is 9.53 Å². The molecule has 0 saturated carbocycles. The van der Waals surface area contributed by atoms with Gasteiger partial charge >= 0.3 is 5.97 Å². The first-order valence-corrected chi connectivity index (χ1v) is 6.07. The molecule has 0 aliphatic carbocycles. The minimum absolute atomic E-state index is 0.273. The van der Waals surface area contributed by atoms with E-state index >= 15 is 0 Å². The van der Waals surface area contributed by atoms with E-state index < -0.39 is 5.97 Å². The van der Waals surface area contributed by atoms with Gasteiger partial charge in [-0.15, -0.1) is 0 Å². The van der Waals surface area contributed by atoms with Crippen LogP contribution in [0.2, 0.25) is 0 Å². The molecule has 0 N–H and O–H groups in total. The van der Waals surface area contributed by atoms with Crippen LogP contribution in [0.25, 0.3) is 6.08 Å². The maximum Gasteiger partial charge on any atom is 0.363 e. The molecule has 4 heteroatoms. The first-order valence-electron chi connectivity index (χ1n) is 6.07. The van der Waals surface area contributed by atoms with Gasteiger partial charge in [-0.2, -0.15) is 0 Å². The quantitative estimate of drug-likeness (QED) is 0.606. The third-order valence-corrected chi connectivity index (χ3v) is 2.68. The zero-order valence-electron chi connectivity index (χ0n) is 11.6. The lowest BCUT2D eigenvalue weighted by Gasteiger charge is -2.15. The topological polar surface area (TPSA) is 47.9 Å². The SMILES string of the molecule is COc1ccc(/C=C2/N=C(C(C)(C)C)OC2=O)cc1. The van der Waals surface area contributed by atoms with Gasteiger partial charge in [0.15, 0.2) is 5.70 Å². The molecule has 1 heterocycles. The fourth-order valence-corrected chi connectivity index (χ4v) is 1.59. The third kappa shape index (κ3) is 3.02. The molecule has 2 rings (SSSR count). The zero-order valence-corrected chi connectivity index (χ0v) is 11.6. The molecule has 0 bridgehead atoms. The molecule has 0 unspecified atom stereocenters. The second-order valence-corrected chi connectivity index (χ2v) is 5.36. The number of cyclic esters (lactones) is 1. The number of ether oxygens (including phenoxy) is 2. The number of rotatable bonds is 2. The van der Waals surface area contributed by atoms with E-state index in [1.165, 1.54) is 0 Å². The van der Waals surface area contributed by atoms with Gasteiger partial charge in [0.25, 0.3) is 0 Å². The summed E-state index contributed by atoms with van der Waals surface area (Å²) in [6.07, 6.45) is 1.71. The summed E-state index contributed by atoms with van der Waals surface area (Å²) in [6.45, 7) is 5.86. The van der Waals surface area contributed by atoms with Crippen molar-refractivity contribution in [2.24, 2.45) is 10.4 Å². The van der Waals surface area contributed by atoms with E-state index in [1.54, 1.807) is 13.2 Å². The molecule has 0 fully saturated rings. The van der Waals surface area contributed by atoms with Gasteiger partial charge in [0.2, 0.25) is 5.90 Å². The molecule has 0 aromatic heterocycles. The molecule has 1 aliphatic heterocycles. The highest BCUT2D eigenvalue weighted by molar-refractivity contribution is 6.08. The van der Waals surface area contributed by atoms with E-state index in [4.69, 9.17) is 9.47 Å². The average molecular weight is 259 g/mol. The number of carbonyl (C=O) groups excluding carboxylic acids is 1. The van der Waals surface area contributed by atoms with Gasteiger partial charge in [-0.1, -0.05) is 32.9 Å². The van der Waals surface area contributed by atoms with Crippen LogP contribution < -0.4 is 4.74 Å². The lowest BCUT2D eigenvalue weighted by atomic mass is 9.97. The van der Waals surface area contributed by atoms with Gasteiger partial charge in [-0.25, -0.2) is 9.79 Å². The Morgan fingerprint density at radius 1 is 1.21 bits per heavy atom. The summed E-state index contributed by atoms with van der Waals surface area (Å²) in [5.41, 5.74) is 0.937. The van der Waals surface area contributed by atoms with E-state index in [0.29, 0.717) is 11.6 Å². The van der Waals surface area contributed by atoms with Crippen LogP contribution in [-0.4, -0.2) is 19.0 Å². The van der Waals surface area contributed by atoms with Crippen LogP contribution in [0.4, 0.5) is 0 Å². The molecule has 0 spiro atoms. The van der Waals surface area contributed by atoms with Crippen molar-refractivity contribution < 1.29 is 14.3 Å². The monoisotopic (exact) mass is 259 g/mol. The van der Waals surface area contributed by atoms with Gasteiger partial charge in [0.1, 0.15) is 5.75 Å². The Hall–Kier alpha value is -2.10. The summed E-state index contributed by atoms with van der Waals surface area (Å²) in [7, 11) is 1.61. The minimum Gasteiger partial charge on any atom is -0.497 e. The molecule has 100 valence electrons. The molecule has 1 aromatic carbocycles. The Labute approximate surface area is 112 Å². The molecular weight excluding hydrogens is 242 g/mol. The van der Waals surface area contributed by atoms with Gasteiger partial charge in [0.05, 0.1) is 7.11 Å². The number of aliphatic imine (C=N–C) groups is 1. The van der Waals surface area contributed by atoms with Crippen LogP contribution >= 0.6 is 0 Å². The fraction of sp³-hybridized carbons (Fsp3) is 0.333. The van der Waals surface area contributed by atoms with Crippen molar-refractivity contribution in [2.45, 2.75) is 20.8 Å². The minimum atomic E-state index is -0.402. The third-order valence-electron chi connectivity index (χ3n) is 2.68. The summed E-state index contributed by atoms with van der Waals surface area (Å²) < 4.78 is 10.3. The van der Waals surface area contributed by atoms with Crippen LogP contribution in [0, 0.1) is 5.41 Å². The van der Waals surface area contributed by atoms with E-state index in [0.717, 1.165) is 11.3 Å².